The van der Waals surface area contributed by atoms with Crippen LogP contribution in [0.25, 0.3) is 0 Å². The zero-order valence-corrected chi connectivity index (χ0v) is 10.1. The van der Waals surface area contributed by atoms with Gasteiger partial charge in [0.15, 0.2) is 0 Å². The van der Waals surface area contributed by atoms with Gasteiger partial charge in [0, 0.05) is 11.1 Å². The van der Waals surface area contributed by atoms with Crippen molar-refractivity contribution in [2.75, 3.05) is 7.05 Å². The molecule has 1 nitrogen and oxygen atoms in total. The molecule has 5 heteroatoms. The van der Waals surface area contributed by atoms with Crippen molar-refractivity contribution < 1.29 is 13.2 Å². The van der Waals surface area contributed by atoms with Crippen LogP contribution in [-0.4, -0.2) is 13.1 Å². The summed E-state index contributed by atoms with van der Waals surface area (Å²) >= 11 is 5.64. The fourth-order valence-corrected chi connectivity index (χ4v) is 2.49. The van der Waals surface area contributed by atoms with Crippen molar-refractivity contribution >= 4 is 11.6 Å². The summed E-state index contributed by atoms with van der Waals surface area (Å²) in [7, 11) is 1.78. The van der Waals surface area contributed by atoms with E-state index >= 15 is 0 Å². The van der Waals surface area contributed by atoms with Gasteiger partial charge in [-0.2, -0.15) is 13.2 Å². The van der Waals surface area contributed by atoms with Gasteiger partial charge in [-0.05, 0) is 43.5 Å². The van der Waals surface area contributed by atoms with E-state index in [9.17, 15) is 13.2 Å². The molecule has 1 N–H and O–H groups in total. The third kappa shape index (κ3) is 2.43. The lowest BCUT2D eigenvalue weighted by molar-refractivity contribution is -0.138. The monoisotopic (exact) mass is 263 g/mol. The van der Waals surface area contributed by atoms with E-state index in [-0.39, 0.29) is 17.0 Å². The van der Waals surface area contributed by atoms with Crippen molar-refractivity contribution in [1.82, 2.24) is 5.32 Å². The standard InChI is InChI=1S/C12H13ClF3N/c1-17-11-5-4-9(11)8-3-2-7(13)6-10(8)12(14,15)16/h2-3,6,9,11,17H,4-5H2,1H3/t9-,11-/m1/s1. The van der Waals surface area contributed by atoms with Gasteiger partial charge in [-0.15, -0.1) is 0 Å². The first-order valence-electron chi connectivity index (χ1n) is 5.47. The van der Waals surface area contributed by atoms with Crippen LogP contribution >= 0.6 is 11.6 Å². The highest BCUT2D eigenvalue weighted by molar-refractivity contribution is 6.30. The molecule has 2 rings (SSSR count). The van der Waals surface area contributed by atoms with Gasteiger partial charge < -0.3 is 5.32 Å². The molecule has 1 aliphatic rings. The molecule has 0 aromatic heterocycles. The maximum absolute atomic E-state index is 12.9. The Morgan fingerprint density at radius 2 is 2.00 bits per heavy atom. The molecule has 94 valence electrons. The van der Waals surface area contributed by atoms with E-state index in [0.717, 1.165) is 18.9 Å². The average Bonchev–Trinajstić information content (AvgIpc) is 2.18. The zero-order valence-electron chi connectivity index (χ0n) is 9.31. The summed E-state index contributed by atoms with van der Waals surface area (Å²) in [5.41, 5.74) is -0.248. The lowest BCUT2D eigenvalue weighted by Crippen LogP contribution is -2.40. The largest absolute Gasteiger partial charge is 0.416 e. The van der Waals surface area contributed by atoms with Gasteiger partial charge in [0.2, 0.25) is 0 Å². The molecular formula is C12H13ClF3N. The average molecular weight is 264 g/mol. The number of hydrogen-bond acceptors (Lipinski definition) is 1. The zero-order chi connectivity index (χ0) is 12.6. The Balaban J connectivity index is 2.40. The number of hydrogen-bond donors (Lipinski definition) is 1. The molecule has 0 radical (unpaired) electrons. The van der Waals surface area contributed by atoms with Crippen molar-refractivity contribution in [2.24, 2.45) is 0 Å². The SMILES string of the molecule is CN[C@@H]1CC[C@@H]1c1ccc(Cl)cc1C(F)(F)F. The first-order valence-corrected chi connectivity index (χ1v) is 5.85. The summed E-state index contributed by atoms with van der Waals surface area (Å²) in [6.45, 7) is 0. The molecule has 1 saturated carbocycles. The summed E-state index contributed by atoms with van der Waals surface area (Å²) < 4.78 is 38.7. The molecule has 17 heavy (non-hydrogen) atoms. The van der Waals surface area contributed by atoms with Crippen molar-refractivity contribution in [3.8, 4) is 0 Å². The summed E-state index contributed by atoms with van der Waals surface area (Å²) in [6, 6.07) is 4.18. The highest BCUT2D eigenvalue weighted by atomic mass is 35.5. The molecule has 0 saturated heterocycles. The second-order valence-corrected chi connectivity index (χ2v) is 4.74. The van der Waals surface area contributed by atoms with Gasteiger partial charge in [0.25, 0.3) is 0 Å². The molecule has 1 aromatic carbocycles. The highest BCUT2D eigenvalue weighted by Crippen LogP contribution is 2.43. The molecule has 0 spiro atoms. The number of rotatable bonds is 2. The molecule has 0 bridgehead atoms. The Bertz CT molecular complexity index is 415. The van der Waals surface area contributed by atoms with Crippen molar-refractivity contribution in [3.63, 3.8) is 0 Å². The minimum Gasteiger partial charge on any atom is -0.316 e. The molecule has 0 aliphatic heterocycles. The number of likely N-dealkylation sites (N-methyl/N-ethyl adjacent to an activating group) is 1. The maximum Gasteiger partial charge on any atom is 0.416 e. The Morgan fingerprint density at radius 3 is 2.47 bits per heavy atom. The molecule has 0 amide bonds. The highest BCUT2D eigenvalue weighted by Gasteiger charge is 2.39. The molecule has 0 unspecified atom stereocenters. The molecule has 1 fully saturated rings. The van der Waals surface area contributed by atoms with Crippen LogP contribution < -0.4 is 5.32 Å². The quantitative estimate of drug-likeness (QED) is 0.855. The second kappa shape index (κ2) is 4.50. The fourth-order valence-electron chi connectivity index (χ4n) is 2.32. The molecule has 0 heterocycles. The van der Waals surface area contributed by atoms with Crippen LogP contribution in [0.1, 0.15) is 29.9 Å². The molecule has 1 aliphatic carbocycles. The minimum absolute atomic E-state index is 0.0612. The third-order valence-electron chi connectivity index (χ3n) is 3.37. The van der Waals surface area contributed by atoms with Crippen LogP contribution in [0, 0.1) is 0 Å². The van der Waals surface area contributed by atoms with Gasteiger partial charge >= 0.3 is 6.18 Å². The van der Waals surface area contributed by atoms with E-state index in [1.165, 1.54) is 12.1 Å². The van der Waals surface area contributed by atoms with Crippen molar-refractivity contribution in [1.29, 1.82) is 0 Å². The normalized spacial score (nSPS) is 24.5. The predicted molar refractivity (Wildman–Crippen MR) is 61.3 cm³/mol. The Hall–Kier alpha value is -0.740. The second-order valence-electron chi connectivity index (χ2n) is 4.31. The lowest BCUT2D eigenvalue weighted by Gasteiger charge is -2.38. The Kier molecular flexibility index (Phi) is 3.36. The number of nitrogens with one attached hydrogen (secondary N) is 1. The van der Waals surface area contributed by atoms with Crippen molar-refractivity contribution in [2.45, 2.75) is 31.0 Å². The topological polar surface area (TPSA) is 12.0 Å². The maximum atomic E-state index is 12.9. The number of alkyl halides is 3. The first-order chi connectivity index (χ1) is 7.93. The van der Waals surface area contributed by atoms with E-state index in [1.807, 2.05) is 0 Å². The van der Waals surface area contributed by atoms with Crippen LogP contribution in [0.15, 0.2) is 18.2 Å². The van der Waals surface area contributed by atoms with Gasteiger partial charge in [0.05, 0.1) is 5.56 Å². The van der Waals surface area contributed by atoms with Crippen LogP contribution in [0.3, 0.4) is 0 Å². The van der Waals surface area contributed by atoms with Crippen LogP contribution in [0.5, 0.6) is 0 Å². The summed E-state index contributed by atoms with van der Waals surface area (Å²) in [6.07, 6.45) is -2.63. The Labute approximate surface area is 103 Å². The molecule has 1 aromatic rings. The van der Waals surface area contributed by atoms with E-state index in [2.05, 4.69) is 5.32 Å². The van der Waals surface area contributed by atoms with Gasteiger partial charge in [-0.25, -0.2) is 0 Å². The van der Waals surface area contributed by atoms with Gasteiger partial charge in [-0.3, -0.25) is 0 Å². The first kappa shape index (κ1) is 12.7. The smallest absolute Gasteiger partial charge is 0.316 e. The third-order valence-corrected chi connectivity index (χ3v) is 3.60. The summed E-state index contributed by atoms with van der Waals surface area (Å²) in [5.74, 6) is -0.0612. The van der Waals surface area contributed by atoms with E-state index in [4.69, 9.17) is 11.6 Å². The Morgan fingerprint density at radius 1 is 1.29 bits per heavy atom. The predicted octanol–water partition coefficient (Wildman–Crippen LogP) is 3.82. The lowest BCUT2D eigenvalue weighted by atomic mass is 9.73. The number of halogens is 4. The summed E-state index contributed by atoms with van der Waals surface area (Å²) in [5, 5.41) is 3.17. The van der Waals surface area contributed by atoms with Gasteiger partial charge in [0.1, 0.15) is 0 Å². The minimum atomic E-state index is -4.34. The fraction of sp³-hybridized carbons (Fsp3) is 0.500. The van der Waals surface area contributed by atoms with Gasteiger partial charge in [-0.1, -0.05) is 17.7 Å². The van der Waals surface area contributed by atoms with Crippen LogP contribution in [-0.2, 0) is 6.18 Å². The molecular weight excluding hydrogens is 251 g/mol. The van der Waals surface area contributed by atoms with Crippen LogP contribution in [0.4, 0.5) is 13.2 Å². The van der Waals surface area contributed by atoms with E-state index in [0.29, 0.717) is 5.56 Å². The van der Waals surface area contributed by atoms with Crippen LogP contribution in [0.2, 0.25) is 5.02 Å². The van der Waals surface area contributed by atoms with Crippen molar-refractivity contribution in [3.05, 3.63) is 34.3 Å². The number of benzene rings is 1. The molecule has 2 atom stereocenters. The van der Waals surface area contributed by atoms with E-state index in [1.54, 1.807) is 7.05 Å². The summed E-state index contributed by atoms with van der Waals surface area (Å²) in [4.78, 5) is 0. The van der Waals surface area contributed by atoms with E-state index < -0.39 is 11.7 Å².